The molecule has 0 bridgehead atoms. The molecule has 0 saturated carbocycles. The molecule has 0 aliphatic heterocycles. The number of nitrogens with one attached hydrogen (secondary N) is 1. The molecule has 0 fully saturated rings. The second-order valence-electron chi connectivity index (χ2n) is 7.05. The number of aryl methyl sites for hydroxylation is 1. The summed E-state index contributed by atoms with van der Waals surface area (Å²) in [6.07, 6.45) is 0. The van der Waals surface area contributed by atoms with Crippen molar-refractivity contribution in [3.8, 4) is 0 Å². The molecule has 0 aliphatic carbocycles. The number of anilines is 1. The molecular weight excluding hydrogens is 340 g/mol. The highest BCUT2D eigenvalue weighted by Gasteiger charge is 2.21. The van der Waals surface area contributed by atoms with Crippen LogP contribution in [0, 0.1) is 0 Å². The summed E-state index contributed by atoms with van der Waals surface area (Å²) in [4.78, 5) is 12.6. The van der Waals surface area contributed by atoms with Gasteiger partial charge in [0.15, 0.2) is 0 Å². The Labute approximate surface area is 148 Å². The van der Waals surface area contributed by atoms with Gasteiger partial charge in [0.1, 0.15) is 5.82 Å². The Hall–Kier alpha value is -2.19. The molecule has 2 aromatic rings. The van der Waals surface area contributed by atoms with E-state index >= 15 is 0 Å². The third-order valence-electron chi connectivity index (χ3n) is 3.78. The minimum Gasteiger partial charge on any atom is -0.307 e. The second-order valence-corrected chi connectivity index (χ2v) is 9.21. The summed E-state index contributed by atoms with van der Waals surface area (Å²) in [5, 5.41) is 7.21. The van der Waals surface area contributed by atoms with E-state index < -0.39 is 10.0 Å². The molecular formula is C17H24N4O3S. The highest BCUT2D eigenvalue weighted by atomic mass is 32.2. The molecule has 8 heteroatoms. The predicted molar refractivity (Wildman–Crippen MR) is 97.2 cm³/mol. The summed E-state index contributed by atoms with van der Waals surface area (Å²) in [6.45, 7) is 6.14. The maximum atomic E-state index is 12.4. The molecule has 0 atom stereocenters. The molecule has 1 N–H and O–H groups in total. The maximum Gasteiger partial charge on any atom is 0.256 e. The topological polar surface area (TPSA) is 84.3 Å². The quantitative estimate of drug-likeness (QED) is 0.901. The first-order valence-electron chi connectivity index (χ1n) is 7.81. The first kappa shape index (κ1) is 19.1. The number of amides is 1. The summed E-state index contributed by atoms with van der Waals surface area (Å²) in [5.41, 5.74) is 1.12. The van der Waals surface area contributed by atoms with Crippen molar-refractivity contribution in [3.63, 3.8) is 0 Å². The van der Waals surface area contributed by atoms with Gasteiger partial charge in [0, 0.05) is 38.2 Å². The first-order valence-corrected chi connectivity index (χ1v) is 9.25. The van der Waals surface area contributed by atoms with Gasteiger partial charge in [0.2, 0.25) is 10.0 Å². The van der Waals surface area contributed by atoms with Gasteiger partial charge in [0.05, 0.1) is 10.6 Å². The second kappa shape index (κ2) is 6.61. The third kappa shape index (κ3) is 4.08. The number of hydrogen-bond donors (Lipinski definition) is 1. The van der Waals surface area contributed by atoms with Crippen molar-refractivity contribution in [3.05, 3.63) is 41.6 Å². The van der Waals surface area contributed by atoms with Crippen LogP contribution >= 0.6 is 0 Å². The Kier molecular flexibility index (Phi) is 5.06. The van der Waals surface area contributed by atoms with Crippen molar-refractivity contribution in [2.24, 2.45) is 7.05 Å². The molecule has 0 radical (unpaired) electrons. The smallest absolute Gasteiger partial charge is 0.256 e. The lowest BCUT2D eigenvalue weighted by atomic mass is 9.92. The monoisotopic (exact) mass is 364 g/mol. The van der Waals surface area contributed by atoms with Crippen molar-refractivity contribution in [2.45, 2.75) is 31.1 Å². The lowest BCUT2D eigenvalue weighted by molar-refractivity contribution is 0.102. The Morgan fingerprint density at radius 2 is 1.72 bits per heavy atom. The van der Waals surface area contributed by atoms with E-state index in [2.05, 4.69) is 10.4 Å². The van der Waals surface area contributed by atoms with Crippen LogP contribution in [0.3, 0.4) is 0 Å². The van der Waals surface area contributed by atoms with Gasteiger partial charge < -0.3 is 5.32 Å². The largest absolute Gasteiger partial charge is 0.307 e. The lowest BCUT2D eigenvalue weighted by Gasteiger charge is -2.13. The van der Waals surface area contributed by atoms with E-state index in [0.717, 1.165) is 10.00 Å². The Bertz CT molecular complexity index is 876. The van der Waals surface area contributed by atoms with E-state index in [0.29, 0.717) is 11.4 Å². The molecule has 7 nitrogen and oxygen atoms in total. The normalized spacial score (nSPS) is 12.4. The summed E-state index contributed by atoms with van der Waals surface area (Å²) < 4.78 is 26.9. The van der Waals surface area contributed by atoms with E-state index in [1.165, 1.54) is 38.4 Å². The van der Waals surface area contributed by atoms with Gasteiger partial charge in [-0.1, -0.05) is 20.8 Å². The SMILES string of the molecule is CN(C)S(=O)(=O)c1ccc(C(=O)Nc2cc(C(C)(C)C)nn2C)cc1. The van der Waals surface area contributed by atoms with Crippen LogP contribution in [0.4, 0.5) is 5.82 Å². The zero-order valence-electron chi connectivity index (χ0n) is 15.4. The molecule has 0 spiro atoms. The molecule has 0 unspecified atom stereocenters. The minimum atomic E-state index is -3.51. The van der Waals surface area contributed by atoms with Crippen molar-refractivity contribution in [2.75, 3.05) is 19.4 Å². The van der Waals surface area contributed by atoms with Gasteiger partial charge in [-0.2, -0.15) is 5.10 Å². The van der Waals surface area contributed by atoms with Gasteiger partial charge in [0.25, 0.3) is 5.91 Å². The van der Waals surface area contributed by atoms with Crippen LogP contribution in [-0.2, 0) is 22.5 Å². The van der Waals surface area contributed by atoms with Crippen molar-refractivity contribution >= 4 is 21.7 Å². The number of aromatic nitrogens is 2. The fourth-order valence-corrected chi connectivity index (χ4v) is 3.03. The van der Waals surface area contributed by atoms with E-state index in [1.54, 1.807) is 11.7 Å². The summed E-state index contributed by atoms with van der Waals surface area (Å²) in [7, 11) is 1.18. The van der Waals surface area contributed by atoms with Crippen LogP contribution in [-0.4, -0.2) is 42.5 Å². The van der Waals surface area contributed by atoms with Crippen LogP contribution in [0.15, 0.2) is 35.2 Å². The standard InChI is InChI=1S/C17H24N4O3S/c1-17(2,3)14-11-15(21(6)19-14)18-16(22)12-7-9-13(10-8-12)25(23,24)20(4)5/h7-11H,1-6H3,(H,18,22). The maximum absolute atomic E-state index is 12.4. The molecule has 1 amide bonds. The van der Waals surface area contributed by atoms with E-state index in [-0.39, 0.29) is 16.2 Å². The molecule has 25 heavy (non-hydrogen) atoms. The Balaban J connectivity index is 2.21. The van der Waals surface area contributed by atoms with E-state index in [4.69, 9.17) is 0 Å². The molecule has 136 valence electrons. The summed E-state index contributed by atoms with van der Waals surface area (Å²) >= 11 is 0. The zero-order valence-corrected chi connectivity index (χ0v) is 16.2. The molecule has 0 saturated heterocycles. The van der Waals surface area contributed by atoms with Crippen LogP contribution < -0.4 is 5.32 Å². The molecule has 1 aromatic heterocycles. The van der Waals surface area contributed by atoms with Crippen LogP contribution in [0.25, 0.3) is 0 Å². The highest BCUT2D eigenvalue weighted by Crippen LogP contribution is 2.23. The van der Waals surface area contributed by atoms with Gasteiger partial charge in [-0.25, -0.2) is 12.7 Å². The van der Waals surface area contributed by atoms with Gasteiger partial charge in [-0.3, -0.25) is 9.48 Å². The predicted octanol–water partition coefficient (Wildman–Crippen LogP) is 2.22. The van der Waals surface area contributed by atoms with Crippen LogP contribution in [0.5, 0.6) is 0 Å². The van der Waals surface area contributed by atoms with Gasteiger partial charge in [-0.05, 0) is 24.3 Å². The van der Waals surface area contributed by atoms with Crippen LogP contribution in [0.2, 0.25) is 0 Å². The molecule has 1 aromatic carbocycles. The number of benzene rings is 1. The van der Waals surface area contributed by atoms with E-state index in [1.807, 2.05) is 26.8 Å². The fourth-order valence-electron chi connectivity index (χ4n) is 2.13. The van der Waals surface area contributed by atoms with Crippen molar-refractivity contribution in [1.29, 1.82) is 0 Å². The fraction of sp³-hybridized carbons (Fsp3) is 0.412. The Morgan fingerprint density at radius 1 is 1.16 bits per heavy atom. The number of carbonyl (C=O) groups is 1. The number of hydrogen-bond acceptors (Lipinski definition) is 4. The Morgan fingerprint density at radius 3 is 2.16 bits per heavy atom. The average molecular weight is 364 g/mol. The van der Waals surface area contributed by atoms with Crippen LogP contribution in [0.1, 0.15) is 36.8 Å². The first-order chi connectivity index (χ1) is 11.4. The number of carbonyl (C=O) groups excluding carboxylic acids is 1. The van der Waals surface area contributed by atoms with Gasteiger partial charge in [-0.15, -0.1) is 0 Å². The molecule has 2 rings (SSSR count). The number of rotatable bonds is 4. The zero-order chi connectivity index (χ0) is 19.0. The van der Waals surface area contributed by atoms with Crippen molar-refractivity contribution in [1.82, 2.24) is 14.1 Å². The van der Waals surface area contributed by atoms with E-state index in [9.17, 15) is 13.2 Å². The molecule has 1 heterocycles. The third-order valence-corrected chi connectivity index (χ3v) is 5.61. The molecule has 0 aliphatic rings. The summed E-state index contributed by atoms with van der Waals surface area (Å²) in [6, 6.07) is 7.67. The summed E-state index contributed by atoms with van der Waals surface area (Å²) in [5.74, 6) is 0.261. The highest BCUT2D eigenvalue weighted by molar-refractivity contribution is 7.89. The number of sulfonamides is 1. The minimum absolute atomic E-state index is 0.122. The van der Waals surface area contributed by atoms with Gasteiger partial charge >= 0.3 is 0 Å². The number of nitrogens with zero attached hydrogens (tertiary/aromatic N) is 3. The van der Waals surface area contributed by atoms with Crippen molar-refractivity contribution < 1.29 is 13.2 Å². The lowest BCUT2D eigenvalue weighted by Crippen LogP contribution is -2.22. The average Bonchev–Trinajstić information content (AvgIpc) is 2.88.